The van der Waals surface area contributed by atoms with Gasteiger partial charge in [0.05, 0.1) is 17.9 Å². The third-order valence-electron chi connectivity index (χ3n) is 2.98. The van der Waals surface area contributed by atoms with E-state index in [0.717, 1.165) is 49.1 Å². The van der Waals surface area contributed by atoms with Crippen LogP contribution in [0.4, 0.5) is 5.95 Å². The highest BCUT2D eigenvalue weighted by Gasteiger charge is 2.06. The molecule has 0 aliphatic rings. The molecule has 0 fully saturated rings. The van der Waals surface area contributed by atoms with Gasteiger partial charge in [-0.2, -0.15) is 0 Å². The molecule has 108 valence electrons. The molecule has 0 atom stereocenters. The Hall–Kier alpha value is -1.88. The minimum absolute atomic E-state index is 0.731. The van der Waals surface area contributed by atoms with Crippen LogP contribution in [0.25, 0.3) is 0 Å². The summed E-state index contributed by atoms with van der Waals surface area (Å²) in [6.07, 6.45) is 3.01. The van der Waals surface area contributed by atoms with Crippen molar-refractivity contribution in [3.8, 4) is 0 Å². The predicted octanol–water partition coefficient (Wildman–Crippen LogP) is 2.39. The molecule has 0 saturated carbocycles. The van der Waals surface area contributed by atoms with Gasteiger partial charge in [0.2, 0.25) is 5.95 Å². The van der Waals surface area contributed by atoms with Crippen LogP contribution in [0.2, 0.25) is 0 Å². The van der Waals surface area contributed by atoms with E-state index in [1.165, 1.54) is 0 Å². The molecule has 1 N–H and O–H groups in total. The van der Waals surface area contributed by atoms with E-state index in [2.05, 4.69) is 19.9 Å². The van der Waals surface area contributed by atoms with E-state index in [9.17, 15) is 0 Å². The number of pyridine rings is 1. The fraction of sp³-hybridized carbons (Fsp3) is 0.467. The van der Waals surface area contributed by atoms with Crippen LogP contribution in [0, 0.1) is 13.8 Å². The highest BCUT2D eigenvalue weighted by molar-refractivity contribution is 5.29. The lowest BCUT2D eigenvalue weighted by Crippen LogP contribution is -2.11. The molecule has 0 radical (unpaired) electrons. The van der Waals surface area contributed by atoms with Gasteiger partial charge in [0.25, 0.3) is 0 Å². The quantitative estimate of drug-likeness (QED) is 0.788. The lowest BCUT2D eigenvalue weighted by atomic mass is 10.3. The number of methoxy groups -OCH3 is 1. The zero-order valence-electron chi connectivity index (χ0n) is 12.4. The van der Waals surface area contributed by atoms with Crippen LogP contribution in [0.1, 0.15) is 23.5 Å². The number of nitrogens with one attached hydrogen (secondary N) is 1. The Morgan fingerprint density at radius 3 is 2.80 bits per heavy atom. The first-order valence-electron chi connectivity index (χ1n) is 6.88. The van der Waals surface area contributed by atoms with Gasteiger partial charge < -0.3 is 14.6 Å². The molecule has 5 nitrogen and oxygen atoms in total. The Labute approximate surface area is 120 Å². The predicted molar refractivity (Wildman–Crippen MR) is 80.0 cm³/mol. The molecule has 2 rings (SSSR count). The zero-order valence-corrected chi connectivity index (χ0v) is 12.4. The SMILES string of the molecule is COCCCNc1nc(C)cn1Cc1cccc(C)n1. The first-order chi connectivity index (χ1) is 9.69. The Balaban J connectivity index is 2.03. The maximum atomic E-state index is 5.05. The van der Waals surface area contributed by atoms with Crippen molar-refractivity contribution in [2.45, 2.75) is 26.8 Å². The number of ether oxygens (including phenoxy) is 1. The average molecular weight is 274 g/mol. The number of hydrogen-bond donors (Lipinski definition) is 1. The van der Waals surface area contributed by atoms with E-state index >= 15 is 0 Å². The van der Waals surface area contributed by atoms with Crippen molar-refractivity contribution in [3.05, 3.63) is 41.5 Å². The minimum Gasteiger partial charge on any atom is -0.385 e. The molecule has 0 aliphatic carbocycles. The monoisotopic (exact) mass is 274 g/mol. The summed E-state index contributed by atoms with van der Waals surface area (Å²) in [4.78, 5) is 9.04. The second-order valence-electron chi connectivity index (χ2n) is 4.88. The molecule has 2 aromatic heterocycles. The van der Waals surface area contributed by atoms with E-state index in [1.807, 2.05) is 38.2 Å². The maximum absolute atomic E-state index is 5.05. The molecule has 0 aliphatic heterocycles. The largest absolute Gasteiger partial charge is 0.385 e. The van der Waals surface area contributed by atoms with Crippen LogP contribution in [-0.2, 0) is 11.3 Å². The Morgan fingerprint density at radius 2 is 2.05 bits per heavy atom. The summed E-state index contributed by atoms with van der Waals surface area (Å²) in [5.41, 5.74) is 3.09. The number of hydrogen-bond acceptors (Lipinski definition) is 4. The third kappa shape index (κ3) is 4.06. The molecule has 20 heavy (non-hydrogen) atoms. The summed E-state index contributed by atoms with van der Waals surface area (Å²) < 4.78 is 7.15. The first kappa shape index (κ1) is 14.5. The van der Waals surface area contributed by atoms with Gasteiger partial charge in [0, 0.05) is 32.2 Å². The molecule has 5 heteroatoms. The van der Waals surface area contributed by atoms with Gasteiger partial charge in [0.1, 0.15) is 0 Å². The summed E-state index contributed by atoms with van der Waals surface area (Å²) in [7, 11) is 1.72. The van der Waals surface area contributed by atoms with Gasteiger partial charge in [0.15, 0.2) is 0 Å². The van der Waals surface area contributed by atoms with Gasteiger partial charge in [-0.25, -0.2) is 4.98 Å². The lowest BCUT2D eigenvalue weighted by molar-refractivity contribution is 0.197. The van der Waals surface area contributed by atoms with E-state index < -0.39 is 0 Å². The van der Waals surface area contributed by atoms with E-state index in [4.69, 9.17) is 4.74 Å². The van der Waals surface area contributed by atoms with Gasteiger partial charge in [-0.3, -0.25) is 4.98 Å². The van der Waals surface area contributed by atoms with Crippen LogP contribution in [-0.4, -0.2) is 34.8 Å². The van der Waals surface area contributed by atoms with Crippen LogP contribution in [0.3, 0.4) is 0 Å². The van der Waals surface area contributed by atoms with Crippen molar-refractivity contribution in [2.24, 2.45) is 0 Å². The standard InChI is InChI=1S/C15H22N4O/c1-12-6-4-7-14(17-12)11-19-10-13(2)18-15(19)16-8-5-9-20-3/h4,6-7,10H,5,8-9,11H2,1-3H3,(H,16,18). The molecule has 0 saturated heterocycles. The fourth-order valence-electron chi connectivity index (χ4n) is 2.09. The molecule has 0 aromatic carbocycles. The maximum Gasteiger partial charge on any atom is 0.203 e. The van der Waals surface area contributed by atoms with E-state index in [-0.39, 0.29) is 0 Å². The van der Waals surface area contributed by atoms with Gasteiger partial charge in [-0.15, -0.1) is 0 Å². The second-order valence-corrected chi connectivity index (χ2v) is 4.88. The summed E-state index contributed by atoms with van der Waals surface area (Å²) in [5, 5.41) is 3.35. The second kappa shape index (κ2) is 7.05. The van der Waals surface area contributed by atoms with Crippen LogP contribution >= 0.6 is 0 Å². The fourth-order valence-corrected chi connectivity index (χ4v) is 2.09. The van der Waals surface area contributed by atoms with Crippen molar-refractivity contribution in [2.75, 3.05) is 25.6 Å². The van der Waals surface area contributed by atoms with Crippen molar-refractivity contribution < 1.29 is 4.74 Å². The van der Waals surface area contributed by atoms with Crippen LogP contribution in [0.5, 0.6) is 0 Å². The first-order valence-corrected chi connectivity index (χ1v) is 6.88. The normalized spacial score (nSPS) is 10.8. The lowest BCUT2D eigenvalue weighted by Gasteiger charge is -2.09. The molecular weight excluding hydrogens is 252 g/mol. The van der Waals surface area contributed by atoms with Crippen molar-refractivity contribution >= 4 is 5.95 Å². The average Bonchev–Trinajstić information content (AvgIpc) is 2.75. The minimum atomic E-state index is 0.731. The van der Waals surface area contributed by atoms with Crippen molar-refractivity contribution in [1.82, 2.24) is 14.5 Å². The van der Waals surface area contributed by atoms with Crippen LogP contribution in [0.15, 0.2) is 24.4 Å². The topological polar surface area (TPSA) is 52.0 Å². The highest BCUT2D eigenvalue weighted by atomic mass is 16.5. The number of imidazole rings is 1. The van der Waals surface area contributed by atoms with Gasteiger partial charge in [-0.05, 0) is 32.4 Å². The number of aryl methyl sites for hydroxylation is 2. The summed E-state index contributed by atoms with van der Waals surface area (Å²) in [6, 6.07) is 6.08. The summed E-state index contributed by atoms with van der Waals surface area (Å²) in [6.45, 7) is 6.35. The summed E-state index contributed by atoms with van der Waals surface area (Å²) in [5.74, 6) is 0.891. The van der Waals surface area contributed by atoms with E-state index in [1.54, 1.807) is 7.11 Å². The zero-order chi connectivity index (χ0) is 14.4. The Morgan fingerprint density at radius 1 is 1.20 bits per heavy atom. The van der Waals surface area contributed by atoms with Gasteiger partial charge in [-0.1, -0.05) is 6.07 Å². The molecular formula is C15H22N4O. The Bertz CT molecular complexity index is 551. The molecule has 0 unspecified atom stereocenters. The molecule has 0 spiro atoms. The van der Waals surface area contributed by atoms with Crippen molar-refractivity contribution in [3.63, 3.8) is 0 Å². The summed E-state index contributed by atoms with van der Waals surface area (Å²) >= 11 is 0. The van der Waals surface area contributed by atoms with Gasteiger partial charge >= 0.3 is 0 Å². The van der Waals surface area contributed by atoms with E-state index in [0.29, 0.717) is 0 Å². The molecule has 2 aromatic rings. The third-order valence-corrected chi connectivity index (χ3v) is 2.98. The smallest absolute Gasteiger partial charge is 0.203 e. The Kier molecular flexibility index (Phi) is 5.12. The van der Waals surface area contributed by atoms with Crippen LogP contribution < -0.4 is 5.32 Å². The number of rotatable bonds is 7. The molecule has 0 amide bonds. The number of nitrogens with zero attached hydrogens (tertiary/aromatic N) is 3. The van der Waals surface area contributed by atoms with Crippen molar-refractivity contribution in [1.29, 1.82) is 0 Å². The number of aromatic nitrogens is 3. The highest BCUT2D eigenvalue weighted by Crippen LogP contribution is 2.11. The molecule has 2 heterocycles. The number of anilines is 1. The molecule has 0 bridgehead atoms.